The van der Waals surface area contributed by atoms with Crippen LogP contribution in [0.15, 0.2) is 53.4 Å². The molecule has 3 rings (SSSR count). The Kier molecular flexibility index (Phi) is 5.04. The largest absolute Gasteiger partial charge is 0.367 e. The van der Waals surface area contributed by atoms with Crippen molar-refractivity contribution in [3.8, 4) is 0 Å². The molecule has 0 atom stereocenters. The summed E-state index contributed by atoms with van der Waals surface area (Å²) >= 11 is 0.874. The number of hydrogen-bond acceptors (Lipinski definition) is 6. The van der Waals surface area contributed by atoms with E-state index in [4.69, 9.17) is 0 Å². The van der Waals surface area contributed by atoms with Crippen LogP contribution in [0.5, 0.6) is 0 Å². The van der Waals surface area contributed by atoms with Crippen LogP contribution in [0.4, 0.5) is 16.2 Å². The van der Waals surface area contributed by atoms with Crippen molar-refractivity contribution in [1.82, 2.24) is 4.90 Å². The number of hydrogen-bond donors (Lipinski definition) is 1. The first-order valence-electron chi connectivity index (χ1n) is 7.74. The molecule has 0 saturated carbocycles. The van der Waals surface area contributed by atoms with Crippen LogP contribution in [-0.2, 0) is 4.79 Å². The summed E-state index contributed by atoms with van der Waals surface area (Å²) < 4.78 is 0. The second-order valence-electron chi connectivity index (χ2n) is 5.66. The van der Waals surface area contributed by atoms with Gasteiger partial charge >= 0.3 is 0 Å². The monoisotopic (exact) mass is 369 g/mol. The molecule has 0 bridgehead atoms. The first kappa shape index (κ1) is 17.7. The number of nitro benzene ring substituents is 1. The lowest BCUT2D eigenvalue weighted by Gasteiger charge is -2.14. The summed E-state index contributed by atoms with van der Waals surface area (Å²) in [5.41, 5.74) is 2.34. The van der Waals surface area contributed by atoms with E-state index in [-0.39, 0.29) is 17.6 Å². The molecule has 0 radical (unpaired) electrons. The molecule has 26 heavy (non-hydrogen) atoms. The normalized spacial score (nSPS) is 15.6. The number of carbonyl (C=O) groups excluding carboxylic acids is 2. The Bertz CT molecular complexity index is 909. The number of imide groups is 1. The maximum atomic E-state index is 12.5. The molecule has 8 heteroatoms. The number of nitro groups is 1. The van der Waals surface area contributed by atoms with Gasteiger partial charge < -0.3 is 5.32 Å². The summed E-state index contributed by atoms with van der Waals surface area (Å²) in [5, 5.41) is 13.3. The van der Waals surface area contributed by atoms with E-state index in [0.717, 1.165) is 27.8 Å². The van der Waals surface area contributed by atoms with Crippen LogP contribution < -0.4 is 5.32 Å². The number of nitrogens with one attached hydrogen (secondary N) is 1. The van der Waals surface area contributed by atoms with Gasteiger partial charge in [-0.05, 0) is 36.4 Å². The molecule has 1 aliphatic rings. The van der Waals surface area contributed by atoms with E-state index in [1.54, 1.807) is 12.1 Å². The zero-order valence-electron chi connectivity index (χ0n) is 13.8. The molecular formula is C18H15N3O4S. The average molecular weight is 369 g/mol. The van der Waals surface area contributed by atoms with Gasteiger partial charge in [0.1, 0.15) is 0 Å². The second kappa shape index (κ2) is 7.40. The summed E-state index contributed by atoms with van der Waals surface area (Å²) in [6, 6.07) is 13.5. The Morgan fingerprint density at radius 2 is 1.92 bits per heavy atom. The van der Waals surface area contributed by atoms with Gasteiger partial charge in [-0.15, -0.1) is 0 Å². The van der Waals surface area contributed by atoms with E-state index in [2.05, 4.69) is 5.32 Å². The number of benzene rings is 2. The second-order valence-corrected chi connectivity index (χ2v) is 6.66. The molecule has 1 aliphatic heterocycles. The van der Waals surface area contributed by atoms with E-state index in [1.807, 2.05) is 31.2 Å². The molecule has 0 aliphatic carbocycles. The molecule has 1 heterocycles. The van der Waals surface area contributed by atoms with Crippen molar-refractivity contribution in [3.63, 3.8) is 0 Å². The highest BCUT2D eigenvalue weighted by Gasteiger charge is 2.34. The first-order valence-corrected chi connectivity index (χ1v) is 8.56. The minimum Gasteiger partial charge on any atom is -0.367 e. The van der Waals surface area contributed by atoms with E-state index in [1.165, 1.54) is 18.2 Å². The number of thioether (sulfide) groups is 1. The van der Waals surface area contributed by atoms with Gasteiger partial charge in [0.15, 0.2) is 0 Å². The molecule has 2 aromatic carbocycles. The van der Waals surface area contributed by atoms with Gasteiger partial charge in [-0.3, -0.25) is 24.6 Å². The number of anilines is 1. The van der Waals surface area contributed by atoms with E-state index >= 15 is 0 Å². The Hall–Kier alpha value is -3.13. The van der Waals surface area contributed by atoms with Crippen molar-refractivity contribution >= 4 is 40.4 Å². The van der Waals surface area contributed by atoms with E-state index in [9.17, 15) is 19.7 Å². The highest BCUT2D eigenvalue weighted by atomic mass is 32.2. The lowest BCUT2D eigenvalue weighted by molar-refractivity contribution is -0.384. The smallest absolute Gasteiger partial charge is 0.295 e. The van der Waals surface area contributed by atoms with Crippen molar-refractivity contribution in [1.29, 1.82) is 0 Å². The molecule has 2 aromatic rings. The van der Waals surface area contributed by atoms with Gasteiger partial charge in [-0.1, -0.05) is 35.9 Å². The summed E-state index contributed by atoms with van der Waals surface area (Å²) in [7, 11) is 0. The molecule has 1 fully saturated rings. The van der Waals surface area contributed by atoms with Crippen LogP contribution in [0.2, 0.25) is 0 Å². The van der Waals surface area contributed by atoms with Crippen LogP contribution in [0.3, 0.4) is 0 Å². The number of nitrogens with zero attached hydrogens (tertiary/aromatic N) is 2. The molecule has 0 spiro atoms. The number of carbonyl (C=O) groups is 2. The van der Waals surface area contributed by atoms with Crippen molar-refractivity contribution in [2.24, 2.45) is 0 Å². The van der Waals surface area contributed by atoms with Gasteiger partial charge in [0.2, 0.25) is 0 Å². The zero-order valence-corrected chi connectivity index (χ0v) is 14.7. The van der Waals surface area contributed by atoms with Crippen molar-refractivity contribution in [3.05, 3.63) is 74.7 Å². The molecule has 0 unspecified atom stereocenters. The summed E-state index contributed by atoms with van der Waals surface area (Å²) in [6.07, 6.45) is 1.68. The Balaban J connectivity index is 1.70. The first-order chi connectivity index (χ1) is 12.4. The van der Waals surface area contributed by atoms with Crippen molar-refractivity contribution < 1.29 is 14.5 Å². The van der Waals surface area contributed by atoms with Gasteiger partial charge in [0.05, 0.1) is 16.5 Å². The predicted molar refractivity (Wildman–Crippen MR) is 101 cm³/mol. The van der Waals surface area contributed by atoms with Crippen molar-refractivity contribution in [2.45, 2.75) is 6.92 Å². The summed E-state index contributed by atoms with van der Waals surface area (Å²) in [4.78, 5) is 36.3. The third-order valence-electron chi connectivity index (χ3n) is 3.75. The lowest BCUT2D eigenvalue weighted by Crippen LogP contribution is -2.33. The minimum atomic E-state index is -0.504. The Morgan fingerprint density at radius 3 is 2.62 bits per heavy atom. The van der Waals surface area contributed by atoms with E-state index < -0.39 is 10.8 Å². The van der Waals surface area contributed by atoms with Gasteiger partial charge in [0.25, 0.3) is 16.8 Å². The average Bonchev–Trinajstić information content (AvgIpc) is 2.89. The predicted octanol–water partition coefficient (Wildman–Crippen LogP) is 4.01. The van der Waals surface area contributed by atoms with Crippen LogP contribution in [0.25, 0.3) is 6.08 Å². The molecule has 7 nitrogen and oxygen atoms in total. The third-order valence-corrected chi connectivity index (χ3v) is 4.65. The Labute approximate surface area is 153 Å². The number of rotatable bonds is 5. The molecule has 132 valence electrons. The van der Waals surface area contributed by atoms with Crippen LogP contribution >= 0.6 is 11.8 Å². The summed E-state index contributed by atoms with van der Waals surface area (Å²) in [6.45, 7) is 1.91. The van der Waals surface area contributed by atoms with Gasteiger partial charge in [0, 0.05) is 17.8 Å². The van der Waals surface area contributed by atoms with Gasteiger partial charge in [-0.25, -0.2) is 0 Å². The molecule has 2 amide bonds. The highest BCUT2D eigenvalue weighted by Crippen LogP contribution is 2.32. The van der Waals surface area contributed by atoms with Gasteiger partial charge in [-0.2, -0.15) is 0 Å². The molecule has 0 aromatic heterocycles. The maximum absolute atomic E-state index is 12.5. The fraction of sp³-hybridized carbons (Fsp3) is 0.111. The highest BCUT2D eigenvalue weighted by molar-refractivity contribution is 8.18. The zero-order chi connectivity index (χ0) is 18.7. The minimum absolute atomic E-state index is 0.0585. The SMILES string of the molecule is Cc1ccc(/C=C2/SC(=O)N(CNc3cccc([N+](=O)[O-])c3)C2=O)cc1. The quantitative estimate of drug-likeness (QED) is 0.486. The number of amides is 2. The molecule has 1 N–H and O–H groups in total. The topological polar surface area (TPSA) is 92.6 Å². The third kappa shape index (κ3) is 3.92. The fourth-order valence-electron chi connectivity index (χ4n) is 2.35. The lowest BCUT2D eigenvalue weighted by atomic mass is 10.1. The number of non-ortho nitro benzene ring substituents is 1. The standard InChI is InChI=1S/C18H15N3O4S/c1-12-5-7-13(8-6-12)9-16-17(22)20(18(23)26-16)11-19-14-3-2-4-15(10-14)21(24)25/h2-10,19H,11H2,1H3/b16-9+. The van der Waals surface area contributed by atoms with Crippen LogP contribution in [0, 0.1) is 17.0 Å². The molecular weight excluding hydrogens is 354 g/mol. The van der Waals surface area contributed by atoms with Crippen LogP contribution in [0.1, 0.15) is 11.1 Å². The van der Waals surface area contributed by atoms with Crippen molar-refractivity contribution in [2.75, 3.05) is 12.0 Å². The van der Waals surface area contributed by atoms with Crippen LogP contribution in [-0.4, -0.2) is 27.6 Å². The maximum Gasteiger partial charge on any atom is 0.295 e. The summed E-state index contributed by atoms with van der Waals surface area (Å²) in [5.74, 6) is -0.390. The molecule has 1 saturated heterocycles. The van der Waals surface area contributed by atoms with E-state index in [0.29, 0.717) is 10.6 Å². The Morgan fingerprint density at radius 1 is 1.19 bits per heavy atom. The fourth-order valence-corrected chi connectivity index (χ4v) is 3.19. The number of aryl methyl sites for hydroxylation is 1.